The summed E-state index contributed by atoms with van der Waals surface area (Å²) in [5.41, 5.74) is 2.64. The quantitative estimate of drug-likeness (QED) is 0.256. The van der Waals surface area contributed by atoms with Crippen LogP contribution in [0.3, 0.4) is 0 Å². The Morgan fingerprint density at radius 1 is 1.13 bits per heavy atom. The number of ether oxygens (including phenoxy) is 1. The van der Waals surface area contributed by atoms with Crippen molar-refractivity contribution in [1.29, 1.82) is 0 Å². The maximum atomic E-state index is 11.9. The molecule has 2 heterocycles. The molecule has 1 aromatic carbocycles. The van der Waals surface area contributed by atoms with E-state index in [2.05, 4.69) is 51.3 Å². The summed E-state index contributed by atoms with van der Waals surface area (Å²) >= 11 is 0. The summed E-state index contributed by atoms with van der Waals surface area (Å²) < 4.78 is 5.17. The Kier molecular flexibility index (Phi) is 11.1. The molecule has 0 amide bonds. The molecule has 1 N–H and O–H groups in total. The van der Waals surface area contributed by atoms with Crippen molar-refractivity contribution >= 4 is 35.9 Å². The number of hydrogen-bond donors (Lipinski definition) is 1. The molecule has 3 rings (SSSR count). The highest BCUT2D eigenvalue weighted by molar-refractivity contribution is 14.0. The van der Waals surface area contributed by atoms with Crippen LogP contribution in [0, 0.1) is 11.8 Å². The lowest BCUT2D eigenvalue weighted by atomic mass is 9.97. The van der Waals surface area contributed by atoms with Gasteiger partial charge in [-0.3, -0.25) is 14.7 Å². The molecule has 0 bridgehead atoms. The van der Waals surface area contributed by atoms with Gasteiger partial charge in [-0.2, -0.15) is 0 Å². The van der Waals surface area contributed by atoms with Crippen molar-refractivity contribution in [2.75, 3.05) is 39.8 Å². The van der Waals surface area contributed by atoms with Crippen LogP contribution in [0.2, 0.25) is 0 Å². The first-order chi connectivity index (χ1) is 14.6. The number of benzene rings is 1. The van der Waals surface area contributed by atoms with E-state index in [0.29, 0.717) is 6.61 Å². The van der Waals surface area contributed by atoms with Crippen LogP contribution >= 0.6 is 24.0 Å². The number of hydrogen-bond acceptors (Lipinski definition) is 4. The summed E-state index contributed by atoms with van der Waals surface area (Å²) in [4.78, 5) is 21.2. The molecule has 2 fully saturated rings. The molecule has 2 aliphatic heterocycles. The first kappa shape index (κ1) is 25.9. The Bertz CT molecular complexity index is 702. The number of likely N-dealkylation sites (tertiary alicyclic amines) is 2. The molecule has 31 heavy (non-hydrogen) atoms. The Balaban J connectivity index is 0.00000341. The smallest absolute Gasteiger partial charge is 0.309 e. The third-order valence-corrected chi connectivity index (χ3v) is 6.25. The average molecular weight is 543 g/mol. The van der Waals surface area contributed by atoms with Crippen molar-refractivity contribution in [2.24, 2.45) is 16.8 Å². The minimum atomic E-state index is -0.0563. The van der Waals surface area contributed by atoms with Crippen LogP contribution in [0.25, 0.3) is 0 Å². The van der Waals surface area contributed by atoms with Gasteiger partial charge in [-0.15, -0.1) is 24.0 Å². The van der Waals surface area contributed by atoms with Crippen LogP contribution in [0.4, 0.5) is 0 Å². The second-order valence-corrected chi connectivity index (χ2v) is 8.71. The van der Waals surface area contributed by atoms with Crippen LogP contribution in [0.15, 0.2) is 29.3 Å². The number of nitrogens with zero attached hydrogens (tertiary/aromatic N) is 3. The zero-order valence-corrected chi connectivity index (χ0v) is 21.6. The summed E-state index contributed by atoms with van der Waals surface area (Å²) in [6.07, 6.45) is 4.33. The molecule has 1 aromatic rings. The third-order valence-electron chi connectivity index (χ3n) is 6.25. The number of rotatable bonds is 6. The van der Waals surface area contributed by atoms with Gasteiger partial charge in [0.2, 0.25) is 0 Å². The number of carbonyl (C=O) groups is 1. The fourth-order valence-electron chi connectivity index (χ4n) is 4.55. The van der Waals surface area contributed by atoms with E-state index in [1.54, 1.807) is 0 Å². The highest BCUT2D eigenvalue weighted by atomic mass is 127. The van der Waals surface area contributed by atoms with Crippen molar-refractivity contribution in [3.05, 3.63) is 35.4 Å². The lowest BCUT2D eigenvalue weighted by Gasteiger charge is -2.33. The number of halogens is 1. The van der Waals surface area contributed by atoms with Gasteiger partial charge in [0.25, 0.3) is 0 Å². The minimum absolute atomic E-state index is 0. The van der Waals surface area contributed by atoms with E-state index < -0.39 is 0 Å². The Labute approximate surface area is 204 Å². The van der Waals surface area contributed by atoms with Crippen LogP contribution in [-0.4, -0.2) is 61.6 Å². The van der Waals surface area contributed by atoms with E-state index in [0.717, 1.165) is 50.9 Å². The Hall–Kier alpha value is -1.35. The Morgan fingerprint density at radius 3 is 2.42 bits per heavy atom. The summed E-state index contributed by atoms with van der Waals surface area (Å²) in [5.74, 6) is 1.69. The first-order valence-electron chi connectivity index (χ1n) is 11.5. The van der Waals surface area contributed by atoms with Crippen molar-refractivity contribution in [3.8, 4) is 0 Å². The van der Waals surface area contributed by atoms with E-state index in [4.69, 9.17) is 4.74 Å². The SMILES string of the molecule is CCOC(=O)C1CCN(C(=NC)NCc2ccc(CN3CCCC(C)C3)cc2)CC1.I. The second-order valence-electron chi connectivity index (χ2n) is 8.71. The molecule has 7 heteroatoms. The van der Waals surface area contributed by atoms with Gasteiger partial charge in [0.05, 0.1) is 12.5 Å². The predicted molar refractivity (Wildman–Crippen MR) is 137 cm³/mol. The van der Waals surface area contributed by atoms with Gasteiger partial charge < -0.3 is 15.0 Å². The van der Waals surface area contributed by atoms with Gasteiger partial charge >= 0.3 is 5.97 Å². The summed E-state index contributed by atoms with van der Waals surface area (Å²) in [6.45, 7) is 10.6. The zero-order chi connectivity index (χ0) is 21.3. The lowest BCUT2D eigenvalue weighted by molar-refractivity contribution is -0.149. The number of esters is 1. The Morgan fingerprint density at radius 2 is 1.81 bits per heavy atom. The highest BCUT2D eigenvalue weighted by Crippen LogP contribution is 2.20. The van der Waals surface area contributed by atoms with E-state index in [1.807, 2.05) is 14.0 Å². The maximum Gasteiger partial charge on any atom is 0.309 e. The van der Waals surface area contributed by atoms with Gasteiger partial charge in [0.1, 0.15) is 0 Å². The molecule has 1 atom stereocenters. The number of aliphatic imine (C=N–C) groups is 1. The van der Waals surface area contributed by atoms with Crippen LogP contribution in [0.1, 0.15) is 50.7 Å². The topological polar surface area (TPSA) is 57.2 Å². The normalized spacial score (nSPS) is 20.8. The summed E-state index contributed by atoms with van der Waals surface area (Å²) in [7, 11) is 1.82. The van der Waals surface area contributed by atoms with Crippen LogP contribution in [-0.2, 0) is 22.6 Å². The molecule has 174 valence electrons. The van der Waals surface area contributed by atoms with E-state index in [9.17, 15) is 4.79 Å². The summed E-state index contributed by atoms with van der Waals surface area (Å²) in [6, 6.07) is 8.94. The fourth-order valence-corrected chi connectivity index (χ4v) is 4.55. The molecular formula is C24H39IN4O2. The molecule has 0 saturated carbocycles. The monoisotopic (exact) mass is 542 g/mol. The highest BCUT2D eigenvalue weighted by Gasteiger charge is 2.27. The van der Waals surface area contributed by atoms with E-state index in [-0.39, 0.29) is 35.9 Å². The molecule has 0 aliphatic carbocycles. The molecule has 0 spiro atoms. The van der Waals surface area contributed by atoms with Gasteiger partial charge in [0.15, 0.2) is 5.96 Å². The van der Waals surface area contributed by atoms with Crippen molar-refractivity contribution in [1.82, 2.24) is 15.1 Å². The lowest BCUT2D eigenvalue weighted by Crippen LogP contribution is -2.46. The van der Waals surface area contributed by atoms with Crippen LogP contribution < -0.4 is 5.32 Å². The number of nitrogens with one attached hydrogen (secondary N) is 1. The number of guanidine groups is 1. The predicted octanol–water partition coefficient (Wildman–Crippen LogP) is 3.89. The van der Waals surface area contributed by atoms with Crippen molar-refractivity contribution < 1.29 is 9.53 Å². The second kappa shape index (κ2) is 13.3. The van der Waals surface area contributed by atoms with Gasteiger partial charge in [-0.05, 0) is 56.2 Å². The largest absolute Gasteiger partial charge is 0.466 e. The van der Waals surface area contributed by atoms with Crippen molar-refractivity contribution in [2.45, 2.75) is 52.6 Å². The van der Waals surface area contributed by atoms with E-state index in [1.165, 1.54) is 37.1 Å². The third kappa shape index (κ3) is 7.93. The number of piperidine rings is 2. The molecule has 0 radical (unpaired) electrons. The minimum Gasteiger partial charge on any atom is -0.466 e. The maximum absolute atomic E-state index is 11.9. The molecule has 0 aromatic heterocycles. The average Bonchev–Trinajstić information content (AvgIpc) is 2.76. The molecule has 1 unspecified atom stereocenters. The van der Waals surface area contributed by atoms with Crippen molar-refractivity contribution in [3.63, 3.8) is 0 Å². The standard InChI is InChI=1S/C24H38N4O2.HI/c1-4-30-23(29)22-11-14-28(15-12-22)24(25-3)26-16-20-7-9-21(10-8-20)18-27-13-5-6-19(2)17-27;/h7-10,19,22H,4-6,11-18H2,1-3H3,(H,25,26);1H. The zero-order valence-electron chi connectivity index (χ0n) is 19.3. The van der Waals surface area contributed by atoms with E-state index >= 15 is 0 Å². The molecule has 6 nitrogen and oxygen atoms in total. The fraction of sp³-hybridized carbons (Fsp3) is 0.667. The molecule has 2 saturated heterocycles. The van der Waals surface area contributed by atoms with Gasteiger partial charge in [-0.1, -0.05) is 31.2 Å². The van der Waals surface area contributed by atoms with Gasteiger partial charge in [-0.25, -0.2) is 0 Å². The number of carbonyl (C=O) groups excluding carboxylic acids is 1. The summed E-state index contributed by atoms with van der Waals surface area (Å²) in [5, 5.41) is 3.48. The first-order valence-corrected chi connectivity index (χ1v) is 11.5. The van der Waals surface area contributed by atoms with Crippen LogP contribution in [0.5, 0.6) is 0 Å². The molecule has 2 aliphatic rings. The van der Waals surface area contributed by atoms with Gasteiger partial charge in [0, 0.05) is 39.8 Å². The molecular weight excluding hydrogens is 503 g/mol.